The molecule has 3 aromatic rings. The molecular weight excluding hydrogens is 569 g/mol. The number of ether oxygens (including phenoxy) is 1. The quantitative estimate of drug-likeness (QED) is 0.305. The van der Waals surface area contributed by atoms with Crippen molar-refractivity contribution in [1.82, 2.24) is 25.3 Å². The maximum Gasteiger partial charge on any atom is 0.254 e. The maximum absolute atomic E-state index is 15.5. The van der Waals surface area contributed by atoms with Gasteiger partial charge in [0.05, 0.1) is 17.0 Å². The highest BCUT2D eigenvalue weighted by Crippen LogP contribution is 2.50. The standard InChI is InChI=1S/C36H42FN5O3/c1-22(2)31-11-12-32(40-39-31)24-7-9-28(10-8-24)45-33-15-29(30(37)14-25(33)19-41-18-23(3)13-34(41)43)35(44)38-26-16-36(17-26)20-42(21-36)27-5-4-6-27/h7-12,14-15,22-23,26-27H,4-6,13,16-21H2,1-3H3,(H,38,44)/t23-/m0/s1. The van der Waals surface area contributed by atoms with Crippen LogP contribution in [0, 0.1) is 17.2 Å². The lowest BCUT2D eigenvalue weighted by Gasteiger charge is -2.62. The van der Waals surface area contributed by atoms with E-state index in [-0.39, 0.29) is 30.0 Å². The molecule has 2 saturated carbocycles. The summed E-state index contributed by atoms with van der Waals surface area (Å²) in [6.07, 6.45) is 6.32. The molecule has 8 nitrogen and oxygen atoms in total. The van der Waals surface area contributed by atoms with Crippen molar-refractivity contribution in [1.29, 1.82) is 0 Å². The van der Waals surface area contributed by atoms with E-state index in [2.05, 4.69) is 34.3 Å². The van der Waals surface area contributed by atoms with Crippen LogP contribution in [0.4, 0.5) is 4.39 Å². The Bertz CT molecular complexity index is 1570. The van der Waals surface area contributed by atoms with Gasteiger partial charge in [-0.2, -0.15) is 10.2 Å². The summed E-state index contributed by atoms with van der Waals surface area (Å²) in [5, 5.41) is 11.8. The van der Waals surface area contributed by atoms with Crippen molar-refractivity contribution in [2.24, 2.45) is 11.3 Å². The molecule has 9 heteroatoms. The molecule has 1 atom stereocenters. The maximum atomic E-state index is 15.5. The SMILES string of the molecule is CC(C)c1ccc(-c2ccc(Oc3cc(C(=O)NC4CC5(C4)CN(C4CCC4)C5)c(F)cc3CN3C[C@@H](C)CC3=O)cc2)nn1. The van der Waals surface area contributed by atoms with Crippen LogP contribution in [0.1, 0.15) is 86.8 Å². The number of likely N-dealkylation sites (tertiary alicyclic amines) is 2. The summed E-state index contributed by atoms with van der Waals surface area (Å²) in [5.41, 5.74) is 3.38. The molecule has 7 rings (SSSR count). The summed E-state index contributed by atoms with van der Waals surface area (Å²) in [5.74, 6) is 0.440. The van der Waals surface area contributed by atoms with Crippen LogP contribution < -0.4 is 10.1 Å². The van der Waals surface area contributed by atoms with E-state index in [1.165, 1.54) is 31.4 Å². The first-order valence-corrected chi connectivity index (χ1v) is 16.4. The Morgan fingerprint density at radius 3 is 2.44 bits per heavy atom. The second-order valence-corrected chi connectivity index (χ2v) is 14.2. The Hall–Kier alpha value is -3.85. The van der Waals surface area contributed by atoms with Crippen molar-refractivity contribution in [2.75, 3.05) is 19.6 Å². The van der Waals surface area contributed by atoms with Gasteiger partial charge in [0.1, 0.15) is 17.3 Å². The van der Waals surface area contributed by atoms with E-state index < -0.39 is 11.7 Å². The molecule has 0 unspecified atom stereocenters. The highest BCUT2D eigenvalue weighted by atomic mass is 19.1. The number of hydrogen-bond donors (Lipinski definition) is 1. The van der Waals surface area contributed by atoms with Crippen LogP contribution in [-0.2, 0) is 11.3 Å². The van der Waals surface area contributed by atoms with Gasteiger partial charge in [-0.1, -0.05) is 27.2 Å². The fraction of sp³-hybridized carbons (Fsp3) is 0.500. The number of benzene rings is 2. The van der Waals surface area contributed by atoms with Crippen LogP contribution in [-0.4, -0.2) is 63.5 Å². The Balaban J connectivity index is 1.07. The van der Waals surface area contributed by atoms with Gasteiger partial charge in [-0.3, -0.25) is 14.5 Å². The molecule has 4 fully saturated rings. The number of amides is 2. The lowest BCUT2D eigenvalue weighted by Crippen LogP contribution is -2.69. The van der Waals surface area contributed by atoms with Gasteiger partial charge < -0.3 is 15.0 Å². The van der Waals surface area contributed by atoms with Gasteiger partial charge in [0.25, 0.3) is 5.91 Å². The van der Waals surface area contributed by atoms with E-state index in [0.29, 0.717) is 41.4 Å². The highest BCUT2D eigenvalue weighted by Gasteiger charge is 2.54. The third kappa shape index (κ3) is 6.07. The third-order valence-electron chi connectivity index (χ3n) is 10.2. The Labute approximate surface area is 264 Å². The Morgan fingerprint density at radius 1 is 1.09 bits per heavy atom. The molecule has 236 valence electrons. The molecule has 0 radical (unpaired) electrons. The minimum absolute atomic E-state index is 0.0374. The van der Waals surface area contributed by atoms with E-state index in [0.717, 1.165) is 48.9 Å². The number of rotatable bonds is 9. The summed E-state index contributed by atoms with van der Waals surface area (Å²) in [4.78, 5) is 30.2. The van der Waals surface area contributed by atoms with E-state index in [9.17, 15) is 9.59 Å². The smallest absolute Gasteiger partial charge is 0.254 e. The molecule has 2 aliphatic heterocycles. The van der Waals surface area contributed by atoms with Crippen LogP contribution in [0.3, 0.4) is 0 Å². The minimum Gasteiger partial charge on any atom is -0.457 e. The van der Waals surface area contributed by atoms with Gasteiger partial charge in [0.2, 0.25) is 5.91 Å². The highest BCUT2D eigenvalue weighted by molar-refractivity contribution is 5.95. The third-order valence-corrected chi connectivity index (χ3v) is 10.2. The number of carbonyl (C=O) groups excluding carboxylic acids is 2. The summed E-state index contributed by atoms with van der Waals surface area (Å²) in [7, 11) is 0. The molecule has 1 N–H and O–H groups in total. The van der Waals surface area contributed by atoms with Crippen LogP contribution in [0.25, 0.3) is 11.3 Å². The van der Waals surface area contributed by atoms with Gasteiger partial charge >= 0.3 is 0 Å². The minimum atomic E-state index is -0.609. The van der Waals surface area contributed by atoms with E-state index in [4.69, 9.17) is 4.74 Å². The first-order valence-electron chi connectivity index (χ1n) is 16.4. The van der Waals surface area contributed by atoms with Gasteiger partial charge in [-0.05, 0) is 91.5 Å². The average Bonchev–Trinajstić information content (AvgIpc) is 3.27. The lowest BCUT2D eigenvalue weighted by molar-refractivity contribution is -0.128. The van der Waals surface area contributed by atoms with Crippen molar-refractivity contribution in [2.45, 2.75) is 83.8 Å². The molecule has 2 amide bonds. The Kier molecular flexibility index (Phi) is 7.84. The molecule has 2 aromatic carbocycles. The predicted octanol–water partition coefficient (Wildman–Crippen LogP) is 6.31. The molecule has 3 heterocycles. The molecule has 45 heavy (non-hydrogen) atoms. The van der Waals surface area contributed by atoms with Crippen LogP contribution in [0.5, 0.6) is 11.5 Å². The second-order valence-electron chi connectivity index (χ2n) is 14.2. The molecular formula is C36H42FN5O3. The molecule has 1 spiro atoms. The zero-order valence-corrected chi connectivity index (χ0v) is 26.4. The molecule has 1 aromatic heterocycles. The summed E-state index contributed by atoms with van der Waals surface area (Å²) >= 11 is 0. The number of carbonyl (C=O) groups is 2. The fourth-order valence-electron chi connectivity index (χ4n) is 7.37. The van der Waals surface area contributed by atoms with Crippen molar-refractivity contribution >= 4 is 11.8 Å². The molecule has 2 aliphatic carbocycles. The second kappa shape index (κ2) is 11.8. The molecule has 0 bridgehead atoms. The van der Waals surface area contributed by atoms with Gasteiger partial charge in [-0.25, -0.2) is 4.39 Å². The van der Waals surface area contributed by atoms with Gasteiger partial charge in [0.15, 0.2) is 0 Å². The summed E-state index contributed by atoms with van der Waals surface area (Å²) < 4.78 is 21.8. The van der Waals surface area contributed by atoms with Gasteiger partial charge in [0, 0.05) is 55.8 Å². The number of halogens is 1. The number of nitrogens with one attached hydrogen (secondary N) is 1. The van der Waals surface area contributed by atoms with E-state index >= 15 is 4.39 Å². The van der Waals surface area contributed by atoms with E-state index in [1.54, 1.807) is 4.90 Å². The Morgan fingerprint density at radius 2 is 1.84 bits per heavy atom. The van der Waals surface area contributed by atoms with Crippen LogP contribution >= 0.6 is 0 Å². The van der Waals surface area contributed by atoms with Gasteiger partial charge in [-0.15, -0.1) is 0 Å². The number of nitrogens with zero attached hydrogens (tertiary/aromatic N) is 4. The lowest BCUT2D eigenvalue weighted by atomic mass is 9.59. The monoisotopic (exact) mass is 611 g/mol. The number of hydrogen-bond acceptors (Lipinski definition) is 6. The molecule has 4 aliphatic rings. The van der Waals surface area contributed by atoms with Crippen molar-refractivity contribution in [3.8, 4) is 22.8 Å². The normalized spacial score (nSPS) is 21.5. The van der Waals surface area contributed by atoms with Crippen molar-refractivity contribution in [3.63, 3.8) is 0 Å². The summed E-state index contributed by atoms with van der Waals surface area (Å²) in [6, 6.07) is 15.0. The van der Waals surface area contributed by atoms with Crippen molar-refractivity contribution in [3.05, 3.63) is 71.2 Å². The number of aromatic nitrogens is 2. The topological polar surface area (TPSA) is 87.7 Å². The zero-order chi connectivity index (χ0) is 31.3. The van der Waals surface area contributed by atoms with E-state index in [1.807, 2.05) is 43.3 Å². The average molecular weight is 612 g/mol. The van der Waals surface area contributed by atoms with Crippen LogP contribution in [0.15, 0.2) is 48.5 Å². The van der Waals surface area contributed by atoms with Crippen LogP contribution in [0.2, 0.25) is 0 Å². The van der Waals surface area contributed by atoms with Crippen molar-refractivity contribution < 1.29 is 18.7 Å². The first-order chi connectivity index (χ1) is 21.6. The summed E-state index contributed by atoms with van der Waals surface area (Å²) in [6.45, 7) is 9.25. The zero-order valence-electron chi connectivity index (χ0n) is 26.4. The predicted molar refractivity (Wildman–Crippen MR) is 169 cm³/mol. The first kappa shape index (κ1) is 29.8. The largest absolute Gasteiger partial charge is 0.457 e. The fourth-order valence-corrected chi connectivity index (χ4v) is 7.37. The molecule has 2 saturated heterocycles.